The Labute approximate surface area is 166 Å². The molecule has 0 fully saturated rings. The molecule has 2 aromatic carbocycles. The van der Waals surface area contributed by atoms with Gasteiger partial charge >= 0.3 is 0 Å². The quantitative estimate of drug-likeness (QED) is 0.533. The number of thiophene rings is 1. The van der Waals surface area contributed by atoms with Gasteiger partial charge < -0.3 is 15.2 Å². The zero-order valence-corrected chi connectivity index (χ0v) is 16.4. The van der Waals surface area contributed by atoms with Gasteiger partial charge in [0, 0.05) is 33.8 Å². The maximum Gasteiger partial charge on any atom is 0.262 e. The van der Waals surface area contributed by atoms with Gasteiger partial charge in [-0.25, -0.2) is 0 Å². The molecular formula is C22H20N2O3S. The molecule has 2 heterocycles. The SMILES string of the molecule is COc1ccc2ncc3c(-c4ccccc4)c(C(=O)NCC(C)O)sc3c2c1. The topological polar surface area (TPSA) is 71.5 Å². The van der Waals surface area contributed by atoms with Crippen molar-refractivity contribution < 1.29 is 14.6 Å². The summed E-state index contributed by atoms with van der Waals surface area (Å²) < 4.78 is 6.37. The number of pyridine rings is 1. The van der Waals surface area contributed by atoms with Crippen LogP contribution in [0, 0.1) is 0 Å². The second kappa shape index (κ2) is 7.58. The normalized spacial score (nSPS) is 12.2. The third-order valence-corrected chi connectivity index (χ3v) is 5.79. The molecule has 0 aliphatic carbocycles. The second-order valence-electron chi connectivity index (χ2n) is 6.62. The Morgan fingerprint density at radius 1 is 1.21 bits per heavy atom. The van der Waals surface area contributed by atoms with Crippen molar-refractivity contribution in [2.75, 3.05) is 13.7 Å². The summed E-state index contributed by atoms with van der Waals surface area (Å²) in [5, 5.41) is 14.2. The number of carbonyl (C=O) groups is 1. The van der Waals surface area contributed by atoms with Gasteiger partial charge in [-0.05, 0) is 30.7 Å². The fourth-order valence-electron chi connectivity index (χ4n) is 3.21. The fourth-order valence-corrected chi connectivity index (χ4v) is 4.45. The number of methoxy groups -OCH3 is 1. The molecule has 28 heavy (non-hydrogen) atoms. The Morgan fingerprint density at radius 3 is 2.71 bits per heavy atom. The van der Waals surface area contributed by atoms with Gasteiger partial charge in [0.25, 0.3) is 5.91 Å². The summed E-state index contributed by atoms with van der Waals surface area (Å²) in [6.07, 6.45) is 1.22. The largest absolute Gasteiger partial charge is 0.497 e. The lowest BCUT2D eigenvalue weighted by Crippen LogP contribution is -2.30. The van der Waals surface area contributed by atoms with Gasteiger partial charge in [-0.2, -0.15) is 0 Å². The van der Waals surface area contributed by atoms with Crippen LogP contribution in [0.2, 0.25) is 0 Å². The standard InChI is InChI=1S/C22H20N2O3S/c1-13(25)11-24-22(26)21-19(14-6-4-3-5-7-14)17-12-23-18-9-8-15(27-2)10-16(18)20(17)28-21/h3-10,12-13,25H,11H2,1-2H3,(H,24,26). The molecular weight excluding hydrogens is 372 g/mol. The van der Waals surface area contributed by atoms with Crippen molar-refractivity contribution >= 4 is 38.2 Å². The van der Waals surface area contributed by atoms with Crippen LogP contribution in [0.25, 0.3) is 32.1 Å². The molecule has 1 unspecified atom stereocenters. The van der Waals surface area contributed by atoms with Gasteiger partial charge in [0.15, 0.2) is 0 Å². The van der Waals surface area contributed by atoms with Crippen LogP contribution in [0.15, 0.2) is 54.7 Å². The van der Waals surface area contributed by atoms with E-state index in [9.17, 15) is 9.90 Å². The molecule has 6 heteroatoms. The molecule has 5 nitrogen and oxygen atoms in total. The monoisotopic (exact) mass is 392 g/mol. The molecule has 0 saturated heterocycles. The van der Waals surface area contributed by atoms with Crippen molar-refractivity contribution in [3.63, 3.8) is 0 Å². The minimum atomic E-state index is -0.606. The molecule has 2 aromatic heterocycles. The molecule has 1 amide bonds. The van der Waals surface area contributed by atoms with Crippen molar-refractivity contribution in [1.29, 1.82) is 0 Å². The number of nitrogens with zero attached hydrogens (tertiary/aromatic N) is 1. The van der Waals surface area contributed by atoms with Gasteiger partial charge in [0.2, 0.25) is 0 Å². The first-order chi connectivity index (χ1) is 13.6. The average Bonchev–Trinajstić information content (AvgIpc) is 3.12. The van der Waals surface area contributed by atoms with E-state index in [0.29, 0.717) is 4.88 Å². The Hall–Kier alpha value is -2.96. The van der Waals surface area contributed by atoms with Crippen LogP contribution in [-0.4, -0.2) is 35.8 Å². The highest BCUT2D eigenvalue weighted by atomic mass is 32.1. The minimum absolute atomic E-state index is 0.197. The number of carbonyl (C=O) groups excluding carboxylic acids is 1. The van der Waals surface area contributed by atoms with Crippen molar-refractivity contribution in [1.82, 2.24) is 10.3 Å². The molecule has 0 aliphatic rings. The highest BCUT2D eigenvalue weighted by molar-refractivity contribution is 7.22. The second-order valence-corrected chi connectivity index (χ2v) is 7.64. The Bertz CT molecular complexity index is 1150. The summed E-state index contributed by atoms with van der Waals surface area (Å²) in [6.45, 7) is 1.85. The number of hydrogen-bond acceptors (Lipinski definition) is 5. The van der Waals surface area contributed by atoms with Gasteiger partial charge in [0.05, 0.1) is 18.7 Å². The number of hydrogen-bond donors (Lipinski definition) is 2. The van der Waals surface area contributed by atoms with Crippen molar-refractivity contribution in [2.24, 2.45) is 0 Å². The van der Waals surface area contributed by atoms with Crippen LogP contribution in [0.5, 0.6) is 5.75 Å². The molecule has 2 N–H and O–H groups in total. The van der Waals surface area contributed by atoms with E-state index in [1.807, 2.05) is 54.7 Å². The Balaban J connectivity index is 1.98. The highest BCUT2D eigenvalue weighted by Crippen LogP contribution is 2.42. The molecule has 142 valence electrons. The summed E-state index contributed by atoms with van der Waals surface area (Å²) in [6, 6.07) is 15.6. The predicted octanol–water partition coefficient (Wildman–Crippen LogP) is 4.24. The van der Waals surface area contributed by atoms with E-state index < -0.39 is 6.10 Å². The molecule has 0 spiro atoms. The number of fused-ring (bicyclic) bond motifs is 3. The number of aliphatic hydroxyl groups excluding tert-OH is 1. The number of rotatable bonds is 5. The lowest BCUT2D eigenvalue weighted by atomic mass is 10.0. The van der Waals surface area contributed by atoms with E-state index in [1.54, 1.807) is 14.0 Å². The van der Waals surface area contributed by atoms with E-state index in [-0.39, 0.29) is 12.5 Å². The van der Waals surface area contributed by atoms with Crippen LogP contribution in [0.1, 0.15) is 16.6 Å². The molecule has 1 atom stereocenters. The maximum absolute atomic E-state index is 12.9. The lowest BCUT2D eigenvalue weighted by molar-refractivity contribution is 0.0928. The first-order valence-electron chi connectivity index (χ1n) is 8.99. The maximum atomic E-state index is 12.9. The number of benzene rings is 2. The molecule has 4 rings (SSSR count). The number of aliphatic hydroxyl groups is 1. The van der Waals surface area contributed by atoms with Gasteiger partial charge in [-0.15, -0.1) is 11.3 Å². The molecule has 0 radical (unpaired) electrons. The van der Waals surface area contributed by atoms with Gasteiger partial charge in [-0.1, -0.05) is 30.3 Å². The van der Waals surface area contributed by atoms with E-state index >= 15 is 0 Å². The first kappa shape index (κ1) is 18.4. The summed E-state index contributed by atoms with van der Waals surface area (Å²) >= 11 is 1.44. The molecule has 4 aromatic rings. The predicted molar refractivity (Wildman–Crippen MR) is 113 cm³/mol. The van der Waals surface area contributed by atoms with E-state index in [1.165, 1.54) is 11.3 Å². The van der Waals surface area contributed by atoms with Crippen molar-refractivity contribution in [3.05, 3.63) is 59.6 Å². The summed E-state index contributed by atoms with van der Waals surface area (Å²) in [5.74, 6) is 0.550. The van der Waals surface area contributed by atoms with Crippen molar-refractivity contribution in [3.8, 4) is 16.9 Å². The van der Waals surface area contributed by atoms with Crippen LogP contribution in [-0.2, 0) is 0 Å². The number of amides is 1. The minimum Gasteiger partial charge on any atom is -0.497 e. The van der Waals surface area contributed by atoms with Crippen molar-refractivity contribution in [2.45, 2.75) is 13.0 Å². The smallest absolute Gasteiger partial charge is 0.262 e. The van der Waals surface area contributed by atoms with E-state index in [2.05, 4.69) is 10.3 Å². The van der Waals surface area contributed by atoms with Crippen LogP contribution in [0.4, 0.5) is 0 Å². The number of ether oxygens (including phenoxy) is 1. The highest BCUT2D eigenvalue weighted by Gasteiger charge is 2.21. The first-order valence-corrected chi connectivity index (χ1v) is 9.81. The summed E-state index contributed by atoms with van der Waals surface area (Å²) in [7, 11) is 1.63. The summed E-state index contributed by atoms with van der Waals surface area (Å²) in [4.78, 5) is 18.1. The number of aromatic nitrogens is 1. The average molecular weight is 392 g/mol. The fraction of sp³-hybridized carbons (Fsp3) is 0.182. The zero-order valence-electron chi connectivity index (χ0n) is 15.6. The third kappa shape index (κ3) is 3.32. The van der Waals surface area contributed by atoms with Gasteiger partial charge in [0.1, 0.15) is 10.6 Å². The summed E-state index contributed by atoms with van der Waals surface area (Å²) in [5.41, 5.74) is 2.67. The van der Waals surface area contributed by atoms with Crippen LogP contribution < -0.4 is 10.1 Å². The molecule has 0 aliphatic heterocycles. The lowest BCUT2D eigenvalue weighted by Gasteiger charge is -2.08. The zero-order chi connectivity index (χ0) is 19.7. The van der Waals surface area contributed by atoms with E-state index in [0.717, 1.165) is 37.9 Å². The molecule has 0 bridgehead atoms. The molecule has 0 saturated carbocycles. The van der Waals surface area contributed by atoms with Crippen LogP contribution >= 0.6 is 11.3 Å². The van der Waals surface area contributed by atoms with Crippen LogP contribution in [0.3, 0.4) is 0 Å². The Kier molecular flexibility index (Phi) is 4.98. The number of nitrogens with one attached hydrogen (secondary N) is 1. The van der Waals surface area contributed by atoms with Gasteiger partial charge in [-0.3, -0.25) is 9.78 Å². The third-order valence-electron chi connectivity index (χ3n) is 4.55. The Morgan fingerprint density at radius 2 is 2.00 bits per heavy atom. The van der Waals surface area contributed by atoms with E-state index in [4.69, 9.17) is 4.74 Å².